The van der Waals surface area contributed by atoms with Crippen molar-refractivity contribution in [2.45, 2.75) is 18.6 Å². The Balaban J connectivity index is 2.02. The van der Waals surface area contributed by atoms with E-state index in [1.807, 2.05) is 0 Å². The van der Waals surface area contributed by atoms with Gasteiger partial charge in [0.1, 0.15) is 11.5 Å². The van der Waals surface area contributed by atoms with Crippen LogP contribution in [0.5, 0.6) is 0 Å². The molecular formula is C9H9F3N6S. The van der Waals surface area contributed by atoms with E-state index in [1.165, 1.54) is 6.07 Å². The van der Waals surface area contributed by atoms with Crippen molar-refractivity contribution in [1.29, 1.82) is 0 Å². The van der Waals surface area contributed by atoms with Crippen molar-refractivity contribution in [2.75, 3.05) is 17.6 Å². The van der Waals surface area contributed by atoms with Gasteiger partial charge in [0.15, 0.2) is 11.0 Å². The first kappa shape index (κ1) is 12.2. The molecule has 0 aromatic carbocycles. The average molecular weight is 290 g/mol. The van der Waals surface area contributed by atoms with E-state index in [0.717, 1.165) is 16.0 Å². The zero-order valence-electron chi connectivity index (χ0n) is 9.48. The van der Waals surface area contributed by atoms with Crippen LogP contribution in [-0.2, 0) is 0 Å². The largest absolute Gasteiger partial charge is 0.410 e. The molecule has 0 aliphatic carbocycles. The van der Waals surface area contributed by atoms with E-state index in [-0.39, 0.29) is 18.1 Å². The fraction of sp³-hybridized carbons (Fsp3) is 0.444. The van der Waals surface area contributed by atoms with Crippen LogP contribution in [0.4, 0.5) is 24.1 Å². The smallest absolute Gasteiger partial charge is 0.374 e. The standard InChI is InChI=1S/C9H9F3N6S/c10-9(11,12)5-1-2-14-6-3-4(17-18(5)6)7-15-16-8(13)19-7/h3,5,14H,1-2H2,(H2,13,16)/t5-/m0/s1. The van der Waals surface area contributed by atoms with Gasteiger partial charge in [0.25, 0.3) is 0 Å². The normalized spacial score (nSPS) is 19.0. The number of hydrogen-bond donors (Lipinski definition) is 2. The quantitative estimate of drug-likeness (QED) is 0.838. The molecular weight excluding hydrogens is 281 g/mol. The Labute approximate surface area is 109 Å². The van der Waals surface area contributed by atoms with Crippen molar-refractivity contribution in [1.82, 2.24) is 20.0 Å². The number of nitrogens with two attached hydrogens (primary N) is 1. The third-order valence-corrected chi connectivity index (χ3v) is 3.57. The maximum absolute atomic E-state index is 12.9. The molecule has 2 aromatic heterocycles. The lowest BCUT2D eigenvalue weighted by Gasteiger charge is -2.27. The molecule has 1 aliphatic heterocycles. The van der Waals surface area contributed by atoms with Crippen molar-refractivity contribution in [2.24, 2.45) is 0 Å². The van der Waals surface area contributed by atoms with Gasteiger partial charge in [-0.2, -0.15) is 18.3 Å². The van der Waals surface area contributed by atoms with Crippen molar-refractivity contribution in [3.8, 4) is 10.7 Å². The Kier molecular flexibility index (Phi) is 2.62. The highest BCUT2D eigenvalue weighted by Gasteiger charge is 2.44. The first-order chi connectivity index (χ1) is 8.95. The van der Waals surface area contributed by atoms with Crippen LogP contribution in [0.3, 0.4) is 0 Å². The molecule has 0 bridgehead atoms. The fourth-order valence-corrected chi connectivity index (χ4v) is 2.53. The van der Waals surface area contributed by atoms with Gasteiger partial charge in [-0.05, 0) is 6.42 Å². The minimum Gasteiger partial charge on any atom is -0.374 e. The van der Waals surface area contributed by atoms with Crippen molar-refractivity contribution < 1.29 is 13.2 Å². The Hall–Kier alpha value is -1.84. The van der Waals surface area contributed by atoms with Gasteiger partial charge in [-0.25, -0.2) is 4.68 Å². The number of nitrogen functional groups attached to an aromatic ring is 1. The Morgan fingerprint density at radius 2 is 2.21 bits per heavy atom. The predicted octanol–water partition coefficient (Wildman–Crippen LogP) is 1.90. The van der Waals surface area contributed by atoms with Gasteiger partial charge in [-0.3, -0.25) is 0 Å². The van der Waals surface area contributed by atoms with Crippen LogP contribution in [-0.4, -0.2) is 32.7 Å². The van der Waals surface area contributed by atoms with E-state index < -0.39 is 12.2 Å². The lowest BCUT2D eigenvalue weighted by Crippen LogP contribution is -2.33. The van der Waals surface area contributed by atoms with Gasteiger partial charge in [-0.15, -0.1) is 10.2 Å². The van der Waals surface area contributed by atoms with Gasteiger partial charge in [-0.1, -0.05) is 11.3 Å². The number of halogens is 3. The molecule has 0 spiro atoms. The first-order valence-corrected chi connectivity index (χ1v) is 6.26. The number of rotatable bonds is 1. The molecule has 0 unspecified atom stereocenters. The van der Waals surface area contributed by atoms with E-state index in [2.05, 4.69) is 20.6 Å². The minimum absolute atomic E-state index is 0.0458. The summed E-state index contributed by atoms with van der Waals surface area (Å²) in [6, 6.07) is -0.0829. The Bertz CT molecular complexity index is 603. The molecule has 0 radical (unpaired) electrons. The monoisotopic (exact) mass is 290 g/mol. The summed E-state index contributed by atoms with van der Waals surface area (Å²) in [6.45, 7) is 0.258. The molecule has 3 heterocycles. The zero-order chi connectivity index (χ0) is 13.6. The van der Waals surface area contributed by atoms with Crippen molar-refractivity contribution in [3.63, 3.8) is 0 Å². The SMILES string of the molecule is Nc1nnc(-c2cc3n(n2)[C@H](C(F)(F)F)CCN3)s1. The highest BCUT2D eigenvalue weighted by atomic mass is 32.1. The number of alkyl halides is 3. The van der Waals surface area contributed by atoms with Gasteiger partial charge in [0.05, 0.1) is 0 Å². The second-order valence-electron chi connectivity index (χ2n) is 4.08. The summed E-state index contributed by atoms with van der Waals surface area (Å²) in [5, 5.41) is 14.9. The molecule has 10 heteroatoms. The van der Waals surface area contributed by atoms with Crippen LogP contribution in [0.2, 0.25) is 0 Å². The molecule has 6 nitrogen and oxygen atoms in total. The van der Waals surface area contributed by atoms with Gasteiger partial charge in [0.2, 0.25) is 5.13 Å². The fourth-order valence-electron chi connectivity index (χ4n) is 1.97. The summed E-state index contributed by atoms with van der Waals surface area (Å²) >= 11 is 1.08. The second kappa shape index (κ2) is 4.08. The van der Waals surface area contributed by atoms with Crippen molar-refractivity contribution >= 4 is 22.3 Å². The predicted molar refractivity (Wildman–Crippen MR) is 63.7 cm³/mol. The molecule has 1 aliphatic rings. The molecule has 102 valence electrons. The molecule has 3 rings (SSSR count). The summed E-state index contributed by atoms with van der Waals surface area (Å²) < 4.78 is 39.7. The number of anilines is 2. The van der Waals surface area contributed by atoms with Crippen LogP contribution in [0.25, 0.3) is 10.7 Å². The topological polar surface area (TPSA) is 81.7 Å². The Morgan fingerprint density at radius 3 is 2.84 bits per heavy atom. The molecule has 1 atom stereocenters. The lowest BCUT2D eigenvalue weighted by atomic mass is 10.1. The number of nitrogens with zero attached hydrogens (tertiary/aromatic N) is 4. The highest BCUT2D eigenvalue weighted by Crippen LogP contribution is 2.39. The van der Waals surface area contributed by atoms with Gasteiger partial charge >= 0.3 is 6.18 Å². The van der Waals surface area contributed by atoms with Crippen LogP contribution in [0.15, 0.2) is 6.07 Å². The molecule has 2 aromatic rings. The zero-order valence-corrected chi connectivity index (χ0v) is 10.3. The maximum Gasteiger partial charge on any atom is 0.410 e. The lowest BCUT2D eigenvalue weighted by molar-refractivity contribution is -0.171. The van der Waals surface area contributed by atoms with Crippen LogP contribution < -0.4 is 11.1 Å². The summed E-state index contributed by atoms with van der Waals surface area (Å²) in [6.07, 6.45) is -4.36. The van der Waals surface area contributed by atoms with Crippen LogP contribution >= 0.6 is 11.3 Å². The van der Waals surface area contributed by atoms with Crippen LogP contribution in [0, 0.1) is 0 Å². The molecule has 0 saturated carbocycles. The maximum atomic E-state index is 12.9. The van der Waals surface area contributed by atoms with Crippen molar-refractivity contribution in [3.05, 3.63) is 6.07 Å². The number of nitrogens with one attached hydrogen (secondary N) is 1. The summed E-state index contributed by atoms with van der Waals surface area (Å²) in [7, 11) is 0. The average Bonchev–Trinajstić information content (AvgIpc) is 2.92. The third kappa shape index (κ3) is 2.11. The number of aromatic nitrogens is 4. The first-order valence-electron chi connectivity index (χ1n) is 5.44. The van der Waals surface area contributed by atoms with Gasteiger partial charge in [0, 0.05) is 12.6 Å². The van der Waals surface area contributed by atoms with Crippen LogP contribution in [0.1, 0.15) is 12.5 Å². The summed E-state index contributed by atoms with van der Waals surface area (Å²) in [4.78, 5) is 0. The number of fused-ring (bicyclic) bond motifs is 1. The molecule has 0 saturated heterocycles. The summed E-state index contributed by atoms with van der Waals surface area (Å²) in [5.74, 6) is 0.331. The molecule has 19 heavy (non-hydrogen) atoms. The van der Waals surface area contributed by atoms with Gasteiger partial charge < -0.3 is 11.1 Å². The van der Waals surface area contributed by atoms with E-state index in [4.69, 9.17) is 5.73 Å². The van der Waals surface area contributed by atoms with E-state index in [9.17, 15) is 13.2 Å². The molecule has 0 amide bonds. The number of hydrogen-bond acceptors (Lipinski definition) is 6. The summed E-state index contributed by atoms with van der Waals surface area (Å²) in [5.41, 5.74) is 5.79. The van der Waals surface area contributed by atoms with E-state index >= 15 is 0 Å². The minimum atomic E-state index is -4.32. The Morgan fingerprint density at radius 1 is 1.42 bits per heavy atom. The van der Waals surface area contributed by atoms with E-state index in [0.29, 0.717) is 16.5 Å². The second-order valence-corrected chi connectivity index (χ2v) is 5.09. The highest BCUT2D eigenvalue weighted by molar-refractivity contribution is 7.18. The van der Waals surface area contributed by atoms with E-state index in [1.54, 1.807) is 0 Å². The molecule has 3 N–H and O–H groups in total. The third-order valence-electron chi connectivity index (χ3n) is 2.79. The molecule has 0 fully saturated rings.